The zero-order chi connectivity index (χ0) is 21.1. The van der Waals surface area contributed by atoms with Gasteiger partial charge < -0.3 is 4.42 Å². The molecule has 0 saturated carbocycles. The molecule has 3 aromatic heterocycles. The standard InChI is InChI=1S/C27H16N4O/c1-4-10-22-18(7-1)19-8-2-5-11-23(19)31(22)27-29-16-28-26(30-27)17-13-14-25-21(15-17)20-9-3-6-12-24(20)32-25/h1-16H. The van der Waals surface area contributed by atoms with Gasteiger partial charge >= 0.3 is 0 Å². The first-order valence-electron chi connectivity index (χ1n) is 10.5. The van der Waals surface area contributed by atoms with Crippen molar-refractivity contribution in [1.82, 2.24) is 19.5 Å². The smallest absolute Gasteiger partial charge is 0.238 e. The Bertz CT molecular complexity index is 1740. The van der Waals surface area contributed by atoms with E-state index in [-0.39, 0.29) is 0 Å². The van der Waals surface area contributed by atoms with Crippen LogP contribution in [0.3, 0.4) is 0 Å². The van der Waals surface area contributed by atoms with Gasteiger partial charge in [0.2, 0.25) is 5.95 Å². The lowest BCUT2D eigenvalue weighted by Gasteiger charge is -2.07. The van der Waals surface area contributed by atoms with Crippen LogP contribution in [-0.4, -0.2) is 19.5 Å². The molecular formula is C27H16N4O. The molecular weight excluding hydrogens is 396 g/mol. The van der Waals surface area contributed by atoms with Crippen molar-refractivity contribution in [3.05, 3.63) is 97.3 Å². The summed E-state index contributed by atoms with van der Waals surface area (Å²) in [6.07, 6.45) is 1.58. The van der Waals surface area contributed by atoms with Crippen molar-refractivity contribution in [2.45, 2.75) is 0 Å². The van der Waals surface area contributed by atoms with E-state index in [2.05, 4.69) is 63.1 Å². The maximum Gasteiger partial charge on any atom is 0.238 e. The Kier molecular flexibility index (Phi) is 3.49. The summed E-state index contributed by atoms with van der Waals surface area (Å²) in [4.78, 5) is 13.9. The topological polar surface area (TPSA) is 56.7 Å². The van der Waals surface area contributed by atoms with Crippen molar-refractivity contribution in [3.8, 4) is 17.3 Å². The molecule has 0 amide bonds. The molecule has 0 radical (unpaired) electrons. The monoisotopic (exact) mass is 412 g/mol. The number of aromatic nitrogens is 4. The molecule has 0 fully saturated rings. The van der Waals surface area contributed by atoms with E-state index >= 15 is 0 Å². The van der Waals surface area contributed by atoms with Crippen LogP contribution < -0.4 is 0 Å². The summed E-state index contributed by atoms with van der Waals surface area (Å²) in [6, 6.07) is 30.8. The minimum absolute atomic E-state index is 0.601. The van der Waals surface area contributed by atoms with Crippen LogP contribution in [0.4, 0.5) is 0 Å². The third-order valence-corrected chi connectivity index (χ3v) is 5.97. The predicted octanol–water partition coefficient (Wildman–Crippen LogP) is 6.54. The molecule has 5 heteroatoms. The van der Waals surface area contributed by atoms with Crippen molar-refractivity contribution < 1.29 is 4.42 Å². The molecule has 0 atom stereocenters. The molecule has 0 unspecified atom stereocenters. The molecule has 4 aromatic carbocycles. The van der Waals surface area contributed by atoms with Crippen molar-refractivity contribution in [2.24, 2.45) is 0 Å². The first-order chi connectivity index (χ1) is 15.9. The molecule has 0 aliphatic heterocycles. The second kappa shape index (κ2) is 6.49. The first-order valence-corrected chi connectivity index (χ1v) is 10.5. The lowest BCUT2D eigenvalue weighted by atomic mass is 10.1. The van der Waals surface area contributed by atoms with Crippen molar-refractivity contribution in [1.29, 1.82) is 0 Å². The highest BCUT2D eigenvalue weighted by Gasteiger charge is 2.15. The maximum atomic E-state index is 5.97. The van der Waals surface area contributed by atoms with Crippen molar-refractivity contribution in [2.75, 3.05) is 0 Å². The highest BCUT2D eigenvalue weighted by Crippen LogP contribution is 2.33. The van der Waals surface area contributed by atoms with E-state index in [0.717, 1.165) is 38.5 Å². The van der Waals surface area contributed by atoms with Gasteiger partial charge in [-0.1, -0.05) is 54.6 Å². The van der Waals surface area contributed by atoms with Gasteiger partial charge in [-0.3, -0.25) is 4.57 Å². The molecule has 0 N–H and O–H groups in total. The van der Waals surface area contributed by atoms with Crippen LogP contribution >= 0.6 is 0 Å². The number of hydrogen-bond acceptors (Lipinski definition) is 4. The fraction of sp³-hybridized carbons (Fsp3) is 0. The van der Waals surface area contributed by atoms with E-state index in [0.29, 0.717) is 11.8 Å². The largest absolute Gasteiger partial charge is 0.456 e. The maximum absolute atomic E-state index is 5.97. The molecule has 0 saturated heterocycles. The van der Waals surface area contributed by atoms with Crippen LogP contribution in [0.25, 0.3) is 61.1 Å². The fourth-order valence-corrected chi connectivity index (χ4v) is 4.54. The van der Waals surface area contributed by atoms with E-state index in [1.807, 2.05) is 42.5 Å². The minimum atomic E-state index is 0.601. The predicted molar refractivity (Wildman–Crippen MR) is 127 cm³/mol. The van der Waals surface area contributed by atoms with Gasteiger partial charge in [0.05, 0.1) is 11.0 Å². The van der Waals surface area contributed by atoms with E-state index in [9.17, 15) is 0 Å². The molecule has 0 bridgehead atoms. The molecule has 7 rings (SSSR count). The number of furan rings is 1. The molecule has 0 aliphatic rings. The lowest BCUT2D eigenvalue weighted by molar-refractivity contribution is 0.669. The molecule has 7 aromatic rings. The van der Waals surface area contributed by atoms with Crippen molar-refractivity contribution >= 4 is 43.7 Å². The summed E-state index contributed by atoms with van der Waals surface area (Å²) < 4.78 is 8.06. The normalized spacial score (nSPS) is 11.8. The Hall–Kier alpha value is -4.51. The third kappa shape index (κ3) is 2.42. The molecule has 32 heavy (non-hydrogen) atoms. The SMILES string of the molecule is c1ccc2c(c1)oc1ccc(-c3ncnc(-n4c5ccccc5c5ccccc54)n3)cc12. The van der Waals surface area contributed by atoms with Gasteiger partial charge in [0.15, 0.2) is 5.82 Å². The van der Waals surface area contributed by atoms with Gasteiger partial charge in [0.1, 0.15) is 17.5 Å². The summed E-state index contributed by atoms with van der Waals surface area (Å²) in [7, 11) is 0. The number of nitrogens with zero attached hydrogens (tertiary/aromatic N) is 4. The average Bonchev–Trinajstić information content (AvgIpc) is 3.39. The Balaban J connectivity index is 1.45. The fourth-order valence-electron chi connectivity index (χ4n) is 4.54. The molecule has 5 nitrogen and oxygen atoms in total. The summed E-state index contributed by atoms with van der Waals surface area (Å²) in [5.74, 6) is 1.23. The second-order valence-electron chi connectivity index (χ2n) is 7.79. The summed E-state index contributed by atoms with van der Waals surface area (Å²) in [5.41, 5.74) is 4.80. The average molecular weight is 412 g/mol. The van der Waals surface area contributed by atoms with Crippen LogP contribution in [0, 0.1) is 0 Å². The van der Waals surface area contributed by atoms with E-state index in [1.165, 1.54) is 10.8 Å². The Morgan fingerprint density at radius 3 is 2.03 bits per heavy atom. The van der Waals surface area contributed by atoms with E-state index < -0.39 is 0 Å². The van der Waals surface area contributed by atoms with Gasteiger partial charge in [-0.15, -0.1) is 0 Å². The number of fused-ring (bicyclic) bond motifs is 6. The van der Waals surface area contributed by atoms with Crippen LogP contribution in [0.2, 0.25) is 0 Å². The Labute approximate surface area is 182 Å². The van der Waals surface area contributed by atoms with Gasteiger partial charge in [0.25, 0.3) is 0 Å². The van der Waals surface area contributed by atoms with E-state index in [4.69, 9.17) is 9.40 Å². The first kappa shape index (κ1) is 17.2. The van der Waals surface area contributed by atoms with Crippen molar-refractivity contribution in [3.63, 3.8) is 0 Å². The number of benzene rings is 4. The van der Waals surface area contributed by atoms with Crippen LogP contribution in [0.15, 0.2) is 102 Å². The Morgan fingerprint density at radius 2 is 1.25 bits per heavy atom. The summed E-state index contributed by atoms with van der Waals surface area (Å²) >= 11 is 0. The number of hydrogen-bond donors (Lipinski definition) is 0. The van der Waals surface area contributed by atoms with Gasteiger partial charge in [-0.05, 0) is 36.4 Å². The molecule has 3 heterocycles. The number of rotatable bonds is 2. The lowest BCUT2D eigenvalue weighted by Crippen LogP contribution is -2.03. The van der Waals surface area contributed by atoms with E-state index in [1.54, 1.807) is 6.33 Å². The van der Waals surface area contributed by atoms with Crippen LogP contribution in [-0.2, 0) is 0 Å². The highest BCUT2D eigenvalue weighted by molar-refractivity contribution is 6.09. The highest BCUT2D eigenvalue weighted by atomic mass is 16.3. The molecule has 0 spiro atoms. The summed E-state index contributed by atoms with van der Waals surface area (Å²) in [6.45, 7) is 0. The zero-order valence-corrected chi connectivity index (χ0v) is 16.9. The summed E-state index contributed by atoms with van der Waals surface area (Å²) in [5, 5.41) is 4.49. The minimum Gasteiger partial charge on any atom is -0.456 e. The quantitative estimate of drug-likeness (QED) is 0.324. The van der Waals surface area contributed by atoms with Gasteiger partial charge in [0, 0.05) is 27.1 Å². The molecule has 0 aliphatic carbocycles. The number of para-hydroxylation sites is 3. The Morgan fingerprint density at radius 1 is 0.594 bits per heavy atom. The zero-order valence-electron chi connectivity index (χ0n) is 16.9. The van der Waals surface area contributed by atoms with Gasteiger partial charge in [-0.25, -0.2) is 9.97 Å². The second-order valence-corrected chi connectivity index (χ2v) is 7.79. The molecule has 150 valence electrons. The third-order valence-electron chi connectivity index (χ3n) is 5.97. The van der Waals surface area contributed by atoms with Crippen LogP contribution in [0.5, 0.6) is 0 Å². The van der Waals surface area contributed by atoms with Crippen LogP contribution in [0.1, 0.15) is 0 Å². The van der Waals surface area contributed by atoms with Gasteiger partial charge in [-0.2, -0.15) is 4.98 Å².